The van der Waals surface area contributed by atoms with E-state index >= 15 is 0 Å². The van der Waals surface area contributed by atoms with E-state index in [0.717, 1.165) is 25.8 Å². The average Bonchev–Trinajstić information content (AvgIpc) is 2.33. The number of amides is 1. The summed E-state index contributed by atoms with van der Waals surface area (Å²) in [5.41, 5.74) is 5.96. The Morgan fingerprint density at radius 1 is 1.50 bits per heavy atom. The number of hydrogen-bond acceptors (Lipinski definition) is 2. The van der Waals surface area contributed by atoms with Crippen LogP contribution in [0, 0.1) is 5.82 Å². The molecule has 1 fully saturated rings. The molecule has 1 aliphatic heterocycles. The number of nitrogen functional groups attached to an aromatic ring is 1. The molecule has 1 unspecified atom stereocenters. The average molecular weight is 315 g/mol. The number of carbonyl (C=O) groups excluding carboxylic acids is 1. The number of nitrogens with zero attached hydrogens (tertiary/aromatic N) is 1. The number of halogens is 2. The SMILES string of the molecule is CC1CCCCN1C(=O)c1cc(N)c(F)cc1Br. The summed E-state index contributed by atoms with van der Waals surface area (Å²) >= 11 is 3.23. The maximum atomic E-state index is 13.3. The lowest BCUT2D eigenvalue weighted by Crippen LogP contribution is -2.42. The second-order valence-electron chi connectivity index (χ2n) is 4.70. The standard InChI is InChI=1S/C13H16BrFN2O/c1-8-4-2-3-5-17(8)13(18)9-6-12(16)11(15)7-10(9)14/h6-8H,2-5,16H2,1H3. The van der Waals surface area contributed by atoms with Crippen molar-refractivity contribution >= 4 is 27.5 Å². The van der Waals surface area contributed by atoms with Crippen LogP contribution in [0.4, 0.5) is 10.1 Å². The molecule has 5 heteroatoms. The van der Waals surface area contributed by atoms with E-state index in [-0.39, 0.29) is 17.6 Å². The van der Waals surface area contributed by atoms with Crippen LogP contribution in [0.5, 0.6) is 0 Å². The van der Waals surface area contributed by atoms with E-state index in [9.17, 15) is 9.18 Å². The first-order valence-electron chi connectivity index (χ1n) is 6.06. The van der Waals surface area contributed by atoms with Gasteiger partial charge in [0.1, 0.15) is 5.82 Å². The van der Waals surface area contributed by atoms with E-state index in [0.29, 0.717) is 10.0 Å². The number of hydrogen-bond donors (Lipinski definition) is 1. The normalized spacial score (nSPS) is 19.9. The maximum absolute atomic E-state index is 13.3. The number of anilines is 1. The number of nitrogens with two attached hydrogens (primary N) is 1. The summed E-state index contributed by atoms with van der Waals surface area (Å²) in [5.74, 6) is -0.592. The van der Waals surface area contributed by atoms with Gasteiger partial charge in [-0.2, -0.15) is 0 Å². The highest BCUT2D eigenvalue weighted by Gasteiger charge is 2.26. The monoisotopic (exact) mass is 314 g/mol. The molecule has 0 aromatic heterocycles. The largest absolute Gasteiger partial charge is 0.396 e. The van der Waals surface area contributed by atoms with E-state index in [1.54, 1.807) is 0 Å². The number of rotatable bonds is 1. The van der Waals surface area contributed by atoms with Crippen LogP contribution in [0.15, 0.2) is 16.6 Å². The molecule has 0 spiro atoms. The van der Waals surface area contributed by atoms with Crippen molar-refractivity contribution in [1.82, 2.24) is 4.90 Å². The third-order valence-corrected chi connectivity index (χ3v) is 4.04. The summed E-state index contributed by atoms with van der Waals surface area (Å²) in [4.78, 5) is 14.2. The van der Waals surface area contributed by atoms with Crippen LogP contribution in [-0.4, -0.2) is 23.4 Å². The van der Waals surface area contributed by atoms with E-state index in [1.807, 2.05) is 11.8 Å². The summed E-state index contributed by atoms with van der Waals surface area (Å²) in [6.07, 6.45) is 3.18. The second kappa shape index (κ2) is 5.26. The lowest BCUT2D eigenvalue weighted by atomic mass is 10.0. The molecule has 1 aliphatic rings. The molecule has 1 heterocycles. The molecular weight excluding hydrogens is 299 g/mol. The Balaban J connectivity index is 2.30. The van der Waals surface area contributed by atoms with Crippen molar-refractivity contribution < 1.29 is 9.18 Å². The summed E-state index contributed by atoms with van der Waals surface area (Å²) in [6.45, 7) is 2.79. The molecule has 18 heavy (non-hydrogen) atoms. The Bertz CT molecular complexity index is 478. The van der Waals surface area contributed by atoms with Crippen molar-refractivity contribution in [3.05, 3.63) is 28.0 Å². The zero-order valence-electron chi connectivity index (χ0n) is 10.2. The molecule has 0 saturated carbocycles. The summed E-state index contributed by atoms with van der Waals surface area (Å²) in [7, 11) is 0. The lowest BCUT2D eigenvalue weighted by Gasteiger charge is -2.33. The van der Waals surface area contributed by atoms with Crippen LogP contribution in [0.3, 0.4) is 0 Å². The van der Waals surface area contributed by atoms with Gasteiger partial charge < -0.3 is 10.6 Å². The van der Waals surface area contributed by atoms with Crippen molar-refractivity contribution in [2.45, 2.75) is 32.2 Å². The van der Waals surface area contributed by atoms with Gasteiger partial charge in [-0.1, -0.05) is 0 Å². The molecule has 1 aromatic rings. The summed E-state index contributed by atoms with van der Waals surface area (Å²) < 4.78 is 13.7. The number of benzene rings is 1. The fraction of sp³-hybridized carbons (Fsp3) is 0.462. The van der Waals surface area contributed by atoms with Crippen molar-refractivity contribution in [2.24, 2.45) is 0 Å². The second-order valence-corrected chi connectivity index (χ2v) is 5.55. The molecule has 1 saturated heterocycles. The molecule has 0 bridgehead atoms. The van der Waals surface area contributed by atoms with Crippen molar-refractivity contribution in [1.29, 1.82) is 0 Å². The fourth-order valence-electron chi connectivity index (χ4n) is 2.28. The van der Waals surface area contributed by atoms with Crippen molar-refractivity contribution in [3.63, 3.8) is 0 Å². The molecule has 3 nitrogen and oxygen atoms in total. The zero-order valence-corrected chi connectivity index (χ0v) is 11.8. The predicted molar refractivity (Wildman–Crippen MR) is 72.9 cm³/mol. The van der Waals surface area contributed by atoms with Gasteiger partial charge in [-0.15, -0.1) is 0 Å². The Hall–Kier alpha value is -1.10. The van der Waals surface area contributed by atoms with Crippen LogP contribution in [0.25, 0.3) is 0 Å². The molecule has 1 atom stereocenters. The van der Waals surface area contributed by atoms with Crippen LogP contribution < -0.4 is 5.73 Å². The van der Waals surface area contributed by atoms with Crippen LogP contribution in [0.2, 0.25) is 0 Å². The van der Waals surface area contributed by atoms with Gasteiger partial charge >= 0.3 is 0 Å². The Morgan fingerprint density at radius 3 is 2.89 bits per heavy atom. The topological polar surface area (TPSA) is 46.3 Å². The minimum absolute atomic E-state index is 0.00575. The molecule has 1 amide bonds. The smallest absolute Gasteiger partial charge is 0.255 e. The van der Waals surface area contributed by atoms with Crippen LogP contribution >= 0.6 is 15.9 Å². The molecule has 2 N–H and O–H groups in total. The molecule has 0 radical (unpaired) electrons. The van der Waals surface area contributed by atoms with E-state index in [1.165, 1.54) is 12.1 Å². The van der Waals surface area contributed by atoms with Gasteiger partial charge in [0.2, 0.25) is 0 Å². The molecule has 98 valence electrons. The minimum Gasteiger partial charge on any atom is -0.396 e. The molecule has 1 aromatic carbocycles. The summed E-state index contributed by atoms with van der Waals surface area (Å²) in [5, 5.41) is 0. The van der Waals surface area contributed by atoms with Crippen LogP contribution in [0.1, 0.15) is 36.5 Å². The first-order chi connectivity index (χ1) is 8.50. The number of piperidine rings is 1. The lowest BCUT2D eigenvalue weighted by molar-refractivity contribution is 0.0634. The number of carbonyl (C=O) groups is 1. The third-order valence-electron chi connectivity index (χ3n) is 3.38. The van der Waals surface area contributed by atoms with Gasteiger partial charge in [0.15, 0.2) is 0 Å². The summed E-state index contributed by atoms with van der Waals surface area (Å²) in [6, 6.07) is 2.88. The fourth-order valence-corrected chi connectivity index (χ4v) is 2.77. The van der Waals surface area contributed by atoms with Gasteiger partial charge in [-0.25, -0.2) is 4.39 Å². The van der Waals surface area contributed by atoms with Crippen LogP contribution in [-0.2, 0) is 0 Å². The molecule has 0 aliphatic carbocycles. The number of likely N-dealkylation sites (tertiary alicyclic amines) is 1. The zero-order chi connectivity index (χ0) is 13.3. The van der Waals surface area contributed by atoms with E-state index in [2.05, 4.69) is 15.9 Å². The third kappa shape index (κ3) is 2.51. The highest BCUT2D eigenvalue weighted by Crippen LogP contribution is 2.26. The van der Waals surface area contributed by atoms with Gasteiger partial charge in [0.25, 0.3) is 5.91 Å². The van der Waals surface area contributed by atoms with Crippen molar-refractivity contribution in [3.8, 4) is 0 Å². The van der Waals surface area contributed by atoms with E-state index < -0.39 is 5.82 Å². The first-order valence-corrected chi connectivity index (χ1v) is 6.85. The van der Waals surface area contributed by atoms with Crippen molar-refractivity contribution in [2.75, 3.05) is 12.3 Å². The van der Waals surface area contributed by atoms with Gasteiger partial charge in [-0.3, -0.25) is 4.79 Å². The Morgan fingerprint density at radius 2 is 2.22 bits per heavy atom. The molecular formula is C13H16BrFN2O. The predicted octanol–water partition coefficient (Wildman–Crippen LogP) is 3.19. The highest BCUT2D eigenvalue weighted by molar-refractivity contribution is 9.10. The Labute approximate surface area is 114 Å². The minimum atomic E-state index is -0.509. The Kier molecular flexibility index (Phi) is 3.90. The van der Waals surface area contributed by atoms with E-state index in [4.69, 9.17) is 5.73 Å². The van der Waals surface area contributed by atoms with Gasteiger partial charge in [0, 0.05) is 17.1 Å². The highest BCUT2D eigenvalue weighted by atomic mass is 79.9. The van der Waals surface area contributed by atoms with Gasteiger partial charge in [-0.05, 0) is 54.2 Å². The van der Waals surface area contributed by atoms with Gasteiger partial charge in [0.05, 0.1) is 11.3 Å². The molecule has 2 rings (SSSR count). The first kappa shape index (κ1) is 13.3. The maximum Gasteiger partial charge on any atom is 0.255 e. The quantitative estimate of drug-likeness (QED) is 0.809.